The number of carbonyl (C=O) groups excluding carboxylic acids is 2. The molecule has 0 spiro atoms. The molecule has 0 unspecified atom stereocenters. The Balaban J connectivity index is 1.74. The summed E-state index contributed by atoms with van der Waals surface area (Å²) in [6, 6.07) is 16.9. The molecule has 0 saturated carbocycles. The Morgan fingerprint density at radius 3 is 2.12 bits per heavy atom. The molecule has 5 nitrogen and oxygen atoms in total. The number of carbonyl (C=O) groups is 2. The standard InChI is InChI=1S/C19H23N3O2/c1-22(2)14-16-10-8-15(9-11-16)12-20-18(23)13-21-19(24)17-6-4-3-5-7-17/h3-11H,12-14H2,1-2H3,(H,20,23)(H,21,24). The van der Waals surface area contributed by atoms with E-state index in [-0.39, 0.29) is 18.4 Å². The van der Waals surface area contributed by atoms with Gasteiger partial charge in [-0.3, -0.25) is 9.59 Å². The number of hydrogen-bond donors (Lipinski definition) is 2. The van der Waals surface area contributed by atoms with Crippen molar-refractivity contribution in [1.82, 2.24) is 15.5 Å². The second-order valence-corrected chi connectivity index (χ2v) is 5.88. The first-order valence-electron chi connectivity index (χ1n) is 7.87. The van der Waals surface area contributed by atoms with Gasteiger partial charge in [-0.15, -0.1) is 0 Å². The van der Waals surface area contributed by atoms with E-state index in [1.807, 2.05) is 32.3 Å². The third-order valence-corrected chi connectivity index (χ3v) is 3.46. The number of hydrogen-bond acceptors (Lipinski definition) is 3. The largest absolute Gasteiger partial charge is 0.350 e. The van der Waals surface area contributed by atoms with Crippen molar-refractivity contribution in [2.75, 3.05) is 20.6 Å². The predicted molar refractivity (Wildman–Crippen MR) is 94.5 cm³/mol. The minimum absolute atomic E-state index is 0.0353. The quantitative estimate of drug-likeness (QED) is 0.816. The molecule has 2 N–H and O–H groups in total. The van der Waals surface area contributed by atoms with E-state index in [9.17, 15) is 9.59 Å². The molecule has 2 aromatic rings. The van der Waals surface area contributed by atoms with E-state index < -0.39 is 0 Å². The molecule has 5 heteroatoms. The van der Waals surface area contributed by atoms with Gasteiger partial charge in [0.2, 0.25) is 5.91 Å². The van der Waals surface area contributed by atoms with Gasteiger partial charge in [-0.2, -0.15) is 0 Å². The molecule has 0 heterocycles. The van der Waals surface area contributed by atoms with Crippen LogP contribution in [-0.2, 0) is 17.9 Å². The molecular weight excluding hydrogens is 302 g/mol. The Bertz CT molecular complexity index is 667. The highest BCUT2D eigenvalue weighted by Gasteiger charge is 2.07. The van der Waals surface area contributed by atoms with Crippen LogP contribution in [0.1, 0.15) is 21.5 Å². The fourth-order valence-corrected chi connectivity index (χ4v) is 2.24. The molecule has 0 aromatic heterocycles. The van der Waals surface area contributed by atoms with Crippen molar-refractivity contribution < 1.29 is 9.59 Å². The first kappa shape index (κ1) is 17.7. The van der Waals surface area contributed by atoms with Crippen molar-refractivity contribution in [2.24, 2.45) is 0 Å². The van der Waals surface area contributed by atoms with E-state index in [0.717, 1.165) is 12.1 Å². The van der Waals surface area contributed by atoms with Gasteiger partial charge in [0.05, 0.1) is 6.54 Å². The van der Waals surface area contributed by atoms with E-state index in [1.54, 1.807) is 24.3 Å². The van der Waals surface area contributed by atoms with Crippen molar-refractivity contribution in [1.29, 1.82) is 0 Å². The van der Waals surface area contributed by atoms with Crippen LogP contribution in [0.5, 0.6) is 0 Å². The Hall–Kier alpha value is -2.66. The number of benzene rings is 2. The van der Waals surface area contributed by atoms with Crippen LogP contribution < -0.4 is 10.6 Å². The fourth-order valence-electron chi connectivity index (χ4n) is 2.24. The van der Waals surface area contributed by atoms with E-state index in [1.165, 1.54) is 5.56 Å². The van der Waals surface area contributed by atoms with Gasteiger partial charge < -0.3 is 15.5 Å². The zero-order valence-electron chi connectivity index (χ0n) is 14.1. The molecule has 0 atom stereocenters. The van der Waals surface area contributed by atoms with Gasteiger partial charge in [-0.1, -0.05) is 42.5 Å². The minimum atomic E-state index is -0.251. The van der Waals surface area contributed by atoms with Crippen molar-refractivity contribution in [2.45, 2.75) is 13.1 Å². The molecule has 0 fully saturated rings. The molecular formula is C19H23N3O2. The smallest absolute Gasteiger partial charge is 0.251 e. The van der Waals surface area contributed by atoms with Crippen molar-refractivity contribution in [3.05, 3.63) is 71.3 Å². The predicted octanol–water partition coefficient (Wildman–Crippen LogP) is 1.79. The van der Waals surface area contributed by atoms with Crippen LogP contribution in [0.25, 0.3) is 0 Å². The Morgan fingerprint density at radius 1 is 0.875 bits per heavy atom. The zero-order valence-corrected chi connectivity index (χ0v) is 14.1. The summed E-state index contributed by atoms with van der Waals surface area (Å²) in [6.45, 7) is 1.30. The van der Waals surface area contributed by atoms with Crippen molar-refractivity contribution in [3.8, 4) is 0 Å². The van der Waals surface area contributed by atoms with Gasteiger partial charge in [0, 0.05) is 18.7 Å². The molecule has 2 amide bonds. The monoisotopic (exact) mass is 325 g/mol. The summed E-state index contributed by atoms with van der Waals surface area (Å²) in [4.78, 5) is 25.8. The second kappa shape index (κ2) is 8.84. The summed E-state index contributed by atoms with van der Waals surface area (Å²) in [5.41, 5.74) is 2.80. The molecule has 0 aliphatic heterocycles. The third-order valence-electron chi connectivity index (χ3n) is 3.46. The van der Waals surface area contributed by atoms with E-state index >= 15 is 0 Å². The lowest BCUT2D eigenvalue weighted by Crippen LogP contribution is -2.36. The van der Waals surface area contributed by atoms with Gasteiger partial charge in [-0.05, 0) is 37.4 Å². The molecule has 2 rings (SSSR count). The molecule has 0 bridgehead atoms. The highest BCUT2D eigenvalue weighted by molar-refractivity contribution is 5.96. The van der Waals surface area contributed by atoms with Crippen LogP contribution in [0.15, 0.2) is 54.6 Å². The van der Waals surface area contributed by atoms with Crippen molar-refractivity contribution in [3.63, 3.8) is 0 Å². The maximum Gasteiger partial charge on any atom is 0.251 e. The van der Waals surface area contributed by atoms with Crippen LogP contribution in [0.2, 0.25) is 0 Å². The average Bonchev–Trinajstić information content (AvgIpc) is 2.59. The minimum Gasteiger partial charge on any atom is -0.350 e. The summed E-state index contributed by atoms with van der Waals surface area (Å²) in [5, 5.41) is 5.41. The first-order chi connectivity index (χ1) is 11.5. The Kier molecular flexibility index (Phi) is 6.51. The lowest BCUT2D eigenvalue weighted by molar-refractivity contribution is -0.120. The first-order valence-corrected chi connectivity index (χ1v) is 7.87. The summed E-state index contributed by atoms with van der Waals surface area (Å²) in [7, 11) is 4.05. The second-order valence-electron chi connectivity index (χ2n) is 5.88. The summed E-state index contributed by atoms with van der Waals surface area (Å²) in [5.74, 6) is -0.463. The highest BCUT2D eigenvalue weighted by Crippen LogP contribution is 2.06. The van der Waals surface area contributed by atoms with Crippen LogP contribution in [0.3, 0.4) is 0 Å². The van der Waals surface area contributed by atoms with Crippen LogP contribution in [0, 0.1) is 0 Å². The Labute approximate surface area is 142 Å². The van der Waals surface area contributed by atoms with Crippen LogP contribution in [-0.4, -0.2) is 37.4 Å². The normalized spacial score (nSPS) is 10.5. The molecule has 0 aliphatic rings. The maximum absolute atomic E-state index is 11.9. The number of nitrogens with one attached hydrogen (secondary N) is 2. The summed E-state index contributed by atoms with van der Waals surface area (Å²) >= 11 is 0. The lowest BCUT2D eigenvalue weighted by Gasteiger charge is -2.10. The lowest BCUT2D eigenvalue weighted by atomic mass is 10.1. The topological polar surface area (TPSA) is 61.4 Å². The van der Waals surface area contributed by atoms with Gasteiger partial charge in [0.1, 0.15) is 0 Å². The van der Waals surface area contributed by atoms with Crippen LogP contribution in [0.4, 0.5) is 0 Å². The number of nitrogens with zero attached hydrogens (tertiary/aromatic N) is 1. The van der Waals surface area contributed by atoms with Crippen molar-refractivity contribution >= 4 is 11.8 Å². The summed E-state index contributed by atoms with van der Waals surface area (Å²) in [6.07, 6.45) is 0. The number of rotatable bonds is 7. The maximum atomic E-state index is 11.9. The molecule has 0 saturated heterocycles. The van der Waals surface area contributed by atoms with Gasteiger partial charge in [0.25, 0.3) is 5.91 Å². The molecule has 24 heavy (non-hydrogen) atoms. The zero-order chi connectivity index (χ0) is 17.4. The highest BCUT2D eigenvalue weighted by atomic mass is 16.2. The summed E-state index contributed by atoms with van der Waals surface area (Å²) < 4.78 is 0. The van der Waals surface area contributed by atoms with Gasteiger partial charge in [-0.25, -0.2) is 0 Å². The van der Waals surface area contributed by atoms with Gasteiger partial charge >= 0.3 is 0 Å². The van der Waals surface area contributed by atoms with Gasteiger partial charge in [0.15, 0.2) is 0 Å². The Morgan fingerprint density at radius 2 is 1.50 bits per heavy atom. The van der Waals surface area contributed by atoms with Crippen LogP contribution >= 0.6 is 0 Å². The number of amides is 2. The fraction of sp³-hybridized carbons (Fsp3) is 0.263. The molecule has 126 valence electrons. The third kappa shape index (κ3) is 5.85. The van der Waals surface area contributed by atoms with E-state index in [4.69, 9.17) is 0 Å². The molecule has 0 radical (unpaired) electrons. The molecule has 2 aromatic carbocycles. The van der Waals surface area contributed by atoms with E-state index in [0.29, 0.717) is 12.1 Å². The SMILES string of the molecule is CN(C)Cc1ccc(CNC(=O)CNC(=O)c2ccccc2)cc1. The average molecular weight is 325 g/mol. The van der Waals surface area contributed by atoms with E-state index in [2.05, 4.69) is 27.7 Å². The molecule has 0 aliphatic carbocycles.